The van der Waals surface area contributed by atoms with Gasteiger partial charge in [0, 0.05) is 24.4 Å². The predicted octanol–water partition coefficient (Wildman–Crippen LogP) is 7.83. The van der Waals surface area contributed by atoms with Crippen molar-refractivity contribution in [1.82, 2.24) is 9.97 Å². The molecule has 0 aliphatic carbocycles. The summed E-state index contributed by atoms with van der Waals surface area (Å²) in [5.74, 6) is 1.80. The molecule has 1 aliphatic heterocycles. The number of rotatable bonds is 7. The Morgan fingerprint density at radius 1 is 0.907 bits per heavy atom. The third kappa shape index (κ3) is 5.96. The van der Waals surface area contributed by atoms with E-state index in [9.17, 15) is 9.59 Å². The molecule has 0 radical (unpaired) electrons. The Kier molecular flexibility index (Phi) is 7.98. The Hall–Kier alpha value is -4.70. The molecule has 1 aliphatic rings. The third-order valence-corrected chi connectivity index (χ3v) is 12.3. The van der Waals surface area contributed by atoms with Gasteiger partial charge in [-0.25, -0.2) is 19.6 Å². The number of ether oxygens (including phenoxy) is 1. The minimum atomic E-state index is -2.03. The van der Waals surface area contributed by atoms with Crippen LogP contribution in [0.15, 0.2) is 85.1 Å². The predicted molar refractivity (Wildman–Crippen MR) is 172 cm³/mol. The van der Waals surface area contributed by atoms with Crippen LogP contribution in [0.5, 0.6) is 11.5 Å². The van der Waals surface area contributed by atoms with E-state index in [0.717, 1.165) is 11.3 Å². The second-order valence-electron chi connectivity index (χ2n) is 12.0. The Morgan fingerprint density at radius 3 is 2.12 bits per heavy atom. The Morgan fingerprint density at radius 2 is 1.53 bits per heavy atom. The first-order chi connectivity index (χ1) is 20.4. The molecule has 0 saturated carbocycles. The summed E-state index contributed by atoms with van der Waals surface area (Å²) in [7, 11) is -0.425. The number of anilines is 5. The maximum Gasteiger partial charge on any atom is 0.335 e. The first-order valence-electron chi connectivity index (χ1n) is 14.2. The summed E-state index contributed by atoms with van der Waals surface area (Å²) in [5.41, 5.74) is 2.71. The molecular weight excluding hydrogens is 558 g/mol. The molecule has 3 aromatic carbocycles. The Labute approximate surface area is 253 Å². The molecule has 4 aromatic rings. The highest BCUT2D eigenvalue weighted by atomic mass is 28.4. The number of methoxy groups -OCH3 is 1. The number of carbonyl (C=O) groups is 2. The summed E-state index contributed by atoms with van der Waals surface area (Å²) < 4.78 is 11.7. The van der Waals surface area contributed by atoms with Crippen LogP contribution in [0.1, 0.15) is 33.3 Å². The number of para-hydroxylation sites is 1. The number of benzene rings is 3. The average Bonchev–Trinajstić information content (AvgIpc) is 2.97. The van der Waals surface area contributed by atoms with Crippen molar-refractivity contribution < 1.29 is 18.8 Å². The van der Waals surface area contributed by atoms with Gasteiger partial charge in [0.05, 0.1) is 25.0 Å². The standard InChI is InChI=1S/C33H37N5O4Si/c1-23(39)37(27-15-19-29(20-16-27)42-43(6,7)33(2,3)4)31-34-21-24-22-36(25-13-17-28(41-5)18-14-25)32(40)38(30(24)35-31)26-11-9-8-10-12-26/h8-21H,22H2,1-7H3. The minimum absolute atomic E-state index is 0.0546. The highest BCUT2D eigenvalue weighted by Crippen LogP contribution is 2.39. The zero-order valence-corrected chi connectivity index (χ0v) is 26.7. The highest BCUT2D eigenvalue weighted by Gasteiger charge is 2.39. The fourth-order valence-corrected chi connectivity index (χ4v) is 5.61. The van der Waals surface area contributed by atoms with Gasteiger partial charge >= 0.3 is 6.03 Å². The number of nitrogens with zero attached hydrogens (tertiary/aromatic N) is 5. The minimum Gasteiger partial charge on any atom is -0.544 e. The molecule has 0 spiro atoms. The van der Waals surface area contributed by atoms with Gasteiger partial charge in [0.25, 0.3) is 0 Å². The van der Waals surface area contributed by atoms with E-state index in [4.69, 9.17) is 14.1 Å². The molecule has 0 atom stereocenters. The molecule has 2 heterocycles. The van der Waals surface area contributed by atoms with Gasteiger partial charge < -0.3 is 9.16 Å². The summed E-state index contributed by atoms with van der Waals surface area (Å²) in [6, 6.07) is 23.8. The molecule has 222 valence electrons. The summed E-state index contributed by atoms with van der Waals surface area (Å²) in [5, 5.41) is 0.0546. The van der Waals surface area contributed by atoms with Crippen LogP contribution in [-0.2, 0) is 11.3 Å². The zero-order chi connectivity index (χ0) is 30.9. The first kappa shape index (κ1) is 29.8. The van der Waals surface area contributed by atoms with E-state index in [1.165, 1.54) is 11.8 Å². The van der Waals surface area contributed by atoms with Crippen LogP contribution in [0, 0.1) is 0 Å². The molecule has 3 amide bonds. The van der Waals surface area contributed by atoms with E-state index >= 15 is 0 Å². The van der Waals surface area contributed by atoms with Gasteiger partial charge in [-0.05, 0) is 78.8 Å². The topological polar surface area (TPSA) is 88.1 Å². The fraction of sp³-hybridized carbons (Fsp3) is 0.273. The molecule has 0 saturated heterocycles. The van der Waals surface area contributed by atoms with Crippen molar-refractivity contribution in [2.45, 2.75) is 52.4 Å². The summed E-state index contributed by atoms with van der Waals surface area (Å²) >= 11 is 0. The van der Waals surface area contributed by atoms with Crippen LogP contribution < -0.4 is 23.9 Å². The largest absolute Gasteiger partial charge is 0.544 e. The van der Waals surface area contributed by atoms with E-state index in [-0.39, 0.29) is 29.5 Å². The van der Waals surface area contributed by atoms with Crippen LogP contribution in [0.3, 0.4) is 0 Å². The van der Waals surface area contributed by atoms with Crippen molar-refractivity contribution in [2.75, 3.05) is 21.8 Å². The summed E-state index contributed by atoms with van der Waals surface area (Å²) in [4.78, 5) is 41.1. The number of urea groups is 1. The molecule has 0 bridgehead atoms. The maximum absolute atomic E-state index is 14.0. The van der Waals surface area contributed by atoms with Gasteiger partial charge in [-0.2, -0.15) is 4.98 Å². The van der Waals surface area contributed by atoms with E-state index in [2.05, 4.69) is 38.8 Å². The van der Waals surface area contributed by atoms with Crippen molar-refractivity contribution in [3.63, 3.8) is 0 Å². The van der Waals surface area contributed by atoms with E-state index in [1.807, 2.05) is 78.9 Å². The Bertz CT molecular complexity index is 1620. The number of fused-ring (bicyclic) bond motifs is 1. The van der Waals surface area contributed by atoms with Crippen molar-refractivity contribution >= 4 is 49.1 Å². The SMILES string of the molecule is COc1ccc(N2Cc3cnc(N(C(C)=O)c4ccc(O[Si](C)(C)C(C)(C)C)cc4)nc3N(c3ccccc3)C2=O)cc1. The van der Waals surface area contributed by atoms with Crippen molar-refractivity contribution in [1.29, 1.82) is 0 Å². The number of carbonyl (C=O) groups excluding carboxylic acids is 2. The fourth-order valence-electron chi connectivity index (χ4n) is 4.57. The molecule has 5 rings (SSSR count). The van der Waals surface area contributed by atoms with Gasteiger partial charge in [0.1, 0.15) is 11.5 Å². The average molecular weight is 596 g/mol. The summed E-state index contributed by atoms with van der Waals surface area (Å²) in [6.45, 7) is 12.7. The lowest BCUT2D eigenvalue weighted by Gasteiger charge is -2.36. The molecule has 43 heavy (non-hydrogen) atoms. The number of amides is 3. The Balaban J connectivity index is 1.53. The third-order valence-electron chi connectivity index (χ3n) is 7.98. The van der Waals surface area contributed by atoms with E-state index in [1.54, 1.807) is 23.1 Å². The van der Waals surface area contributed by atoms with Crippen LogP contribution in [0.2, 0.25) is 18.1 Å². The lowest BCUT2D eigenvalue weighted by Crippen LogP contribution is -2.45. The number of hydrogen-bond donors (Lipinski definition) is 0. The smallest absolute Gasteiger partial charge is 0.335 e. The second kappa shape index (κ2) is 11.5. The van der Waals surface area contributed by atoms with E-state index < -0.39 is 8.32 Å². The van der Waals surface area contributed by atoms with Crippen molar-refractivity contribution in [3.8, 4) is 11.5 Å². The second-order valence-corrected chi connectivity index (χ2v) is 16.7. The number of aromatic nitrogens is 2. The molecule has 0 fully saturated rings. The van der Waals surface area contributed by atoms with E-state index in [0.29, 0.717) is 28.6 Å². The molecule has 1 aromatic heterocycles. The van der Waals surface area contributed by atoms with Crippen LogP contribution in [-0.4, -0.2) is 37.3 Å². The monoisotopic (exact) mass is 595 g/mol. The van der Waals surface area contributed by atoms with Gasteiger partial charge in [0.2, 0.25) is 20.2 Å². The molecule has 9 nitrogen and oxygen atoms in total. The van der Waals surface area contributed by atoms with Crippen molar-refractivity contribution in [2.24, 2.45) is 0 Å². The number of hydrogen-bond acceptors (Lipinski definition) is 6. The maximum atomic E-state index is 14.0. The van der Waals surface area contributed by atoms with Gasteiger partial charge in [0.15, 0.2) is 5.82 Å². The van der Waals surface area contributed by atoms with Gasteiger partial charge in [-0.3, -0.25) is 9.69 Å². The van der Waals surface area contributed by atoms with Gasteiger partial charge in [-0.1, -0.05) is 39.0 Å². The van der Waals surface area contributed by atoms with Crippen LogP contribution >= 0.6 is 0 Å². The zero-order valence-electron chi connectivity index (χ0n) is 25.7. The summed E-state index contributed by atoms with van der Waals surface area (Å²) in [6.07, 6.45) is 1.68. The molecule has 0 unspecified atom stereocenters. The molecule has 10 heteroatoms. The van der Waals surface area contributed by atoms with Crippen LogP contribution in [0.4, 0.5) is 33.6 Å². The lowest BCUT2D eigenvalue weighted by molar-refractivity contribution is -0.115. The van der Waals surface area contributed by atoms with Crippen LogP contribution in [0.25, 0.3) is 0 Å². The first-order valence-corrected chi connectivity index (χ1v) is 17.1. The van der Waals surface area contributed by atoms with Gasteiger partial charge in [-0.15, -0.1) is 0 Å². The lowest BCUT2D eigenvalue weighted by atomic mass is 10.1. The molecular formula is C33H37N5O4Si. The highest BCUT2D eigenvalue weighted by molar-refractivity contribution is 6.74. The normalized spacial score (nSPS) is 13.4. The molecule has 0 N–H and O–H groups in total. The van der Waals surface area contributed by atoms with Crippen molar-refractivity contribution in [3.05, 3.63) is 90.6 Å². The quantitative estimate of drug-likeness (QED) is 0.202.